The van der Waals surface area contributed by atoms with E-state index in [1.165, 1.54) is 18.4 Å². The van der Waals surface area contributed by atoms with Crippen LogP contribution < -0.4 is 9.64 Å². The Morgan fingerprint density at radius 2 is 2.00 bits per heavy atom. The number of carbonyl (C=O) groups is 1. The third-order valence-electron chi connectivity index (χ3n) is 6.66. The standard InChI is InChI=1S/C21H26N6O2/c1-24-12-16-13-25(8-9-26(16)21(24)28)20-23-22-19(27(20)11-14-6-7-14)18-10-15-4-2-3-5-17(15)29-18/h2-5,14,16,18H,6-13H2,1H3. The number of ether oxygens (including phenoxy) is 1. The molecule has 3 fully saturated rings. The Bertz CT molecular complexity index is 929. The van der Waals surface area contributed by atoms with Crippen LogP contribution in [-0.2, 0) is 13.0 Å². The van der Waals surface area contributed by atoms with Crippen LogP contribution in [0.5, 0.6) is 5.75 Å². The number of carbonyl (C=O) groups excluding carboxylic acids is 1. The molecular formula is C21H26N6O2. The minimum atomic E-state index is -0.0760. The fourth-order valence-electron chi connectivity index (χ4n) is 4.90. The molecule has 1 saturated carbocycles. The van der Waals surface area contributed by atoms with Gasteiger partial charge in [0, 0.05) is 46.2 Å². The highest BCUT2D eigenvalue weighted by molar-refractivity contribution is 5.77. The number of benzene rings is 1. The van der Waals surface area contributed by atoms with Gasteiger partial charge in [-0.1, -0.05) is 18.2 Å². The van der Waals surface area contributed by atoms with Crippen molar-refractivity contribution in [2.24, 2.45) is 5.92 Å². The summed E-state index contributed by atoms with van der Waals surface area (Å²) in [7, 11) is 1.88. The molecule has 8 nitrogen and oxygen atoms in total. The fraction of sp³-hybridized carbons (Fsp3) is 0.571. The van der Waals surface area contributed by atoms with Crippen molar-refractivity contribution in [1.29, 1.82) is 0 Å². The third kappa shape index (κ3) is 2.84. The van der Waals surface area contributed by atoms with E-state index < -0.39 is 0 Å². The van der Waals surface area contributed by atoms with Crippen LogP contribution in [-0.4, -0.2) is 69.9 Å². The second-order valence-corrected chi connectivity index (χ2v) is 8.79. The van der Waals surface area contributed by atoms with Crippen LogP contribution in [0.3, 0.4) is 0 Å². The zero-order valence-electron chi connectivity index (χ0n) is 16.7. The first kappa shape index (κ1) is 17.1. The van der Waals surface area contributed by atoms with Crippen molar-refractivity contribution in [3.8, 4) is 5.75 Å². The Labute approximate surface area is 170 Å². The minimum absolute atomic E-state index is 0.0760. The summed E-state index contributed by atoms with van der Waals surface area (Å²) in [5.74, 6) is 3.55. The van der Waals surface area contributed by atoms with Crippen molar-refractivity contribution in [3.05, 3.63) is 35.7 Å². The van der Waals surface area contributed by atoms with Gasteiger partial charge in [0.05, 0.1) is 6.04 Å². The SMILES string of the molecule is CN1CC2CN(c3nnc(C4Cc5ccccc5O4)n3CC3CC3)CCN2C1=O. The molecule has 2 unspecified atom stereocenters. The van der Waals surface area contributed by atoms with Gasteiger partial charge in [-0.05, 0) is 30.4 Å². The van der Waals surface area contributed by atoms with Crippen molar-refractivity contribution >= 4 is 12.0 Å². The van der Waals surface area contributed by atoms with Gasteiger partial charge in [0.1, 0.15) is 5.75 Å². The molecule has 4 aliphatic rings. The van der Waals surface area contributed by atoms with Gasteiger partial charge in [0.15, 0.2) is 11.9 Å². The predicted octanol–water partition coefficient (Wildman–Crippen LogP) is 1.92. The van der Waals surface area contributed by atoms with Crippen LogP contribution in [0.4, 0.5) is 10.7 Å². The van der Waals surface area contributed by atoms with Gasteiger partial charge in [-0.2, -0.15) is 0 Å². The van der Waals surface area contributed by atoms with Gasteiger partial charge >= 0.3 is 6.03 Å². The van der Waals surface area contributed by atoms with Crippen LogP contribution in [0.25, 0.3) is 0 Å². The van der Waals surface area contributed by atoms with Crippen molar-refractivity contribution in [2.45, 2.75) is 38.0 Å². The number of anilines is 1. The summed E-state index contributed by atoms with van der Waals surface area (Å²) in [5.41, 5.74) is 1.24. The smallest absolute Gasteiger partial charge is 0.320 e. The molecule has 2 amide bonds. The lowest BCUT2D eigenvalue weighted by Crippen LogP contribution is -2.52. The molecule has 8 heteroatoms. The molecular weight excluding hydrogens is 368 g/mol. The Morgan fingerprint density at radius 1 is 1.14 bits per heavy atom. The third-order valence-corrected chi connectivity index (χ3v) is 6.66. The number of hydrogen-bond donors (Lipinski definition) is 0. The second-order valence-electron chi connectivity index (χ2n) is 8.79. The van der Waals surface area contributed by atoms with Crippen LogP contribution in [0.2, 0.25) is 0 Å². The van der Waals surface area contributed by atoms with E-state index in [1.807, 2.05) is 29.0 Å². The number of para-hydroxylation sites is 1. The van der Waals surface area contributed by atoms with Gasteiger partial charge in [0.2, 0.25) is 5.95 Å². The number of rotatable bonds is 4. The molecule has 2 aromatic rings. The first-order valence-corrected chi connectivity index (χ1v) is 10.6. The Kier molecular flexibility index (Phi) is 3.76. The number of fused-ring (bicyclic) bond motifs is 2. The normalized spacial score (nSPS) is 26.0. The van der Waals surface area contributed by atoms with E-state index in [0.29, 0.717) is 5.92 Å². The maximum atomic E-state index is 12.3. The lowest BCUT2D eigenvalue weighted by molar-refractivity contribution is 0.186. The van der Waals surface area contributed by atoms with Crippen LogP contribution >= 0.6 is 0 Å². The zero-order chi connectivity index (χ0) is 19.5. The molecule has 29 heavy (non-hydrogen) atoms. The summed E-state index contributed by atoms with van der Waals surface area (Å²) in [6.45, 7) is 4.08. The molecule has 0 N–H and O–H groups in total. The summed E-state index contributed by atoms with van der Waals surface area (Å²) in [4.78, 5) is 18.4. The number of aromatic nitrogens is 3. The summed E-state index contributed by atoms with van der Waals surface area (Å²) in [6.07, 6.45) is 3.32. The van der Waals surface area contributed by atoms with E-state index in [9.17, 15) is 4.79 Å². The molecule has 0 spiro atoms. The number of amides is 2. The van der Waals surface area contributed by atoms with Gasteiger partial charge < -0.3 is 19.4 Å². The molecule has 3 aliphatic heterocycles. The summed E-state index contributed by atoms with van der Waals surface area (Å²) >= 11 is 0. The highest BCUT2D eigenvalue weighted by atomic mass is 16.5. The van der Waals surface area contributed by atoms with E-state index in [4.69, 9.17) is 4.74 Å². The maximum absolute atomic E-state index is 12.3. The molecule has 2 saturated heterocycles. The zero-order valence-corrected chi connectivity index (χ0v) is 16.7. The first-order valence-electron chi connectivity index (χ1n) is 10.6. The predicted molar refractivity (Wildman–Crippen MR) is 107 cm³/mol. The van der Waals surface area contributed by atoms with E-state index in [-0.39, 0.29) is 18.2 Å². The Balaban J connectivity index is 1.28. The van der Waals surface area contributed by atoms with Gasteiger partial charge in [-0.3, -0.25) is 4.57 Å². The fourth-order valence-corrected chi connectivity index (χ4v) is 4.90. The van der Waals surface area contributed by atoms with E-state index in [0.717, 1.165) is 56.7 Å². The van der Waals surface area contributed by atoms with Crippen LogP contribution in [0.1, 0.15) is 30.3 Å². The van der Waals surface area contributed by atoms with Gasteiger partial charge in [-0.25, -0.2) is 4.79 Å². The highest BCUT2D eigenvalue weighted by Crippen LogP contribution is 2.39. The molecule has 1 aromatic carbocycles. The van der Waals surface area contributed by atoms with Crippen molar-refractivity contribution in [3.63, 3.8) is 0 Å². The Morgan fingerprint density at radius 3 is 2.83 bits per heavy atom. The van der Waals surface area contributed by atoms with Crippen LogP contribution in [0, 0.1) is 5.92 Å². The molecule has 152 valence electrons. The number of piperazine rings is 1. The molecule has 1 aliphatic carbocycles. The van der Waals surface area contributed by atoms with Crippen molar-refractivity contribution in [1.82, 2.24) is 24.6 Å². The number of nitrogens with zero attached hydrogens (tertiary/aromatic N) is 6. The minimum Gasteiger partial charge on any atom is -0.482 e. The van der Waals surface area contributed by atoms with E-state index >= 15 is 0 Å². The summed E-state index contributed by atoms with van der Waals surface area (Å²) in [5, 5.41) is 9.23. The lowest BCUT2D eigenvalue weighted by atomic mass is 10.1. The first-order chi connectivity index (χ1) is 14.2. The number of likely N-dealkylation sites (N-methyl/N-ethyl adjacent to an activating group) is 1. The average molecular weight is 394 g/mol. The van der Waals surface area contributed by atoms with Crippen LogP contribution in [0.15, 0.2) is 24.3 Å². The monoisotopic (exact) mass is 394 g/mol. The molecule has 6 rings (SSSR count). The number of urea groups is 1. The maximum Gasteiger partial charge on any atom is 0.320 e. The van der Waals surface area contributed by atoms with E-state index in [2.05, 4.69) is 31.8 Å². The largest absolute Gasteiger partial charge is 0.482 e. The topological polar surface area (TPSA) is 66.7 Å². The number of hydrogen-bond acceptors (Lipinski definition) is 5. The molecule has 1 aromatic heterocycles. The summed E-state index contributed by atoms with van der Waals surface area (Å²) < 4.78 is 8.53. The second kappa shape index (κ2) is 6.37. The summed E-state index contributed by atoms with van der Waals surface area (Å²) in [6, 6.07) is 8.61. The van der Waals surface area contributed by atoms with Gasteiger partial charge in [-0.15, -0.1) is 10.2 Å². The molecule has 0 radical (unpaired) electrons. The highest BCUT2D eigenvalue weighted by Gasteiger charge is 2.41. The quantitative estimate of drug-likeness (QED) is 0.793. The molecule has 4 heterocycles. The molecule has 2 atom stereocenters. The molecule has 0 bridgehead atoms. The van der Waals surface area contributed by atoms with Crippen molar-refractivity contribution in [2.75, 3.05) is 38.1 Å². The average Bonchev–Trinajstić information content (AvgIpc) is 3.17. The lowest BCUT2D eigenvalue weighted by Gasteiger charge is -2.37. The Hall–Kier alpha value is -2.77. The van der Waals surface area contributed by atoms with E-state index in [1.54, 1.807) is 0 Å². The van der Waals surface area contributed by atoms with Crippen molar-refractivity contribution < 1.29 is 9.53 Å². The van der Waals surface area contributed by atoms with Gasteiger partial charge in [0.25, 0.3) is 0 Å².